The molecule has 2 N–H and O–H groups in total. The normalized spacial score (nSPS) is 11.2. The Balaban J connectivity index is 2.91. The van der Waals surface area contributed by atoms with E-state index in [0.29, 0.717) is 0 Å². The van der Waals surface area contributed by atoms with Gasteiger partial charge in [-0.1, -0.05) is 0 Å². The summed E-state index contributed by atoms with van der Waals surface area (Å²) < 4.78 is 4.75. The Morgan fingerprint density at radius 3 is 2.09 bits per heavy atom. The number of halogens is 2. The second-order valence-corrected chi connectivity index (χ2v) is 6.31. The van der Waals surface area contributed by atoms with E-state index in [1.807, 2.05) is 0 Å². The lowest BCUT2D eigenvalue weighted by atomic mass is 9.95. The van der Waals surface area contributed by atoms with Crippen molar-refractivity contribution in [3.8, 4) is 0 Å². The highest BCUT2D eigenvalue weighted by molar-refractivity contribution is 9.11. The van der Waals surface area contributed by atoms with Crippen LogP contribution < -0.4 is 11.3 Å². The molecule has 0 aliphatic rings. The molecule has 0 fully saturated rings. The first-order chi connectivity index (χ1) is 10.7. The first-order valence-electron chi connectivity index (χ1n) is 5.95. The molecule has 4 rings (SSSR count). The number of rotatable bonds is 2. The average Bonchev–Trinajstić information content (AvgIpc) is 2.60. The van der Waals surface area contributed by atoms with Crippen LogP contribution in [-0.2, 0) is 0 Å². The Hall–Kier alpha value is -2.26. The van der Waals surface area contributed by atoms with Crippen molar-refractivity contribution in [2.45, 2.75) is 0 Å². The van der Waals surface area contributed by atoms with Gasteiger partial charge in [0.1, 0.15) is 0 Å². The number of carboxylic acid groups (broad SMARTS) is 2. The van der Waals surface area contributed by atoms with Gasteiger partial charge in [0, 0.05) is 19.7 Å². The standard InChI is InChI=1S/C14H4Br2O7/c15-5-1-3(11(17)18)7-8(9(5)12(19)20)4-2-6(16)10(7)14(22)23-13(4)21/h1-2H,(H,17,18)(H,19,20). The highest BCUT2D eigenvalue weighted by atomic mass is 79.9. The van der Waals surface area contributed by atoms with Crippen molar-refractivity contribution < 1.29 is 24.2 Å². The number of hydrogen-bond donors (Lipinski definition) is 2. The first-order valence-corrected chi connectivity index (χ1v) is 7.54. The number of hydrogen-bond acceptors (Lipinski definition) is 5. The van der Waals surface area contributed by atoms with E-state index >= 15 is 0 Å². The summed E-state index contributed by atoms with van der Waals surface area (Å²) in [5, 5.41) is 18.1. The summed E-state index contributed by atoms with van der Waals surface area (Å²) in [5.41, 5.74) is -2.73. The van der Waals surface area contributed by atoms with Gasteiger partial charge in [-0.05, 0) is 44.0 Å². The summed E-state index contributed by atoms with van der Waals surface area (Å²) in [6.07, 6.45) is 0. The predicted octanol–water partition coefficient (Wildman–Crippen LogP) is 2.67. The van der Waals surface area contributed by atoms with Crippen LogP contribution in [0.1, 0.15) is 20.7 Å². The molecule has 0 saturated carbocycles. The number of carboxylic acids is 2. The molecular weight excluding hydrogens is 440 g/mol. The van der Waals surface area contributed by atoms with E-state index in [1.165, 1.54) is 6.07 Å². The summed E-state index contributed by atoms with van der Waals surface area (Å²) >= 11 is 6.10. The molecule has 23 heavy (non-hydrogen) atoms. The van der Waals surface area contributed by atoms with Crippen LogP contribution in [0.4, 0.5) is 0 Å². The van der Waals surface area contributed by atoms with Crippen LogP contribution in [-0.4, -0.2) is 22.2 Å². The van der Waals surface area contributed by atoms with Crippen LogP contribution in [0.2, 0.25) is 0 Å². The van der Waals surface area contributed by atoms with Crippen molar-refractivity contribution in [2.24, 2.45) is 0 Å². The maximum atomic E-state index is 12.1. The molecule has 0 spiro atoms. The number of fused-ring (bicyclic) bond motifs is 3. The van der Waals surface area contributed by atoms with Crippen molar-refractivity contribution in [1.82, 2.24) is 0 Å². The third-order valence-corrected chi connectivity index (χ3v) is 4.61. The minimum absolute atomic E-state index is 0.0217. The molecule has 4 aromatic rings. The second kappa shape index (κ2) is 5.14. The van der Waals surface area contributed by atoms with Crippen LogP contribution in [0.5, 0.6) is 0 Å². The van der Waals surface area contributed by atoms with Crippen LogP contribution in [0.3, 0.4) is 0 Å². The van der Waals surface area contributed by atoms with Crippen molar-refractivity contribution in [3.05, 3.63) is 53.0 Å². The molecule has 2 aromatic heterocycles. The summed E-state index contributed by atoms with van der Waals surface area (Å²) in [7, 11) is 0. The Morgan fingerprint density at radius 2 is 1.52 bits per heavy atom. The fourth-order valence-electron chi connectivity index (χ4n) is 2.50. The van der Waals surface area contributed by atoms with E-state index in [-0.39, 0.29) is 41.6 Å². The Bertz CT molecular complexity index is 1130. The third-order valence-electron chi connectivity index (χ3n) is 3.36. The van der Waals surface area contributed by atoms with Gasteiger partial charge in [0.15, 0.2) is 0 Å². The van der Waals surface area contributed by atoms with Crippen molar-refractivity contribution in [1.29, 1.82) is 0 Å². The van der Waals surface area contributed by atoms with Gasteiger partial charge in [-0.15, -0.1) is 0 Å². The minimum atomic E-state index is -1.38. The molecule has 2 bridgehead atoms. The maximum Gasteiger partial charge on any atom is 0.347 e. The fourth-order valence-corrected chi connectivity index (χ4v) is 3.68. The molecule has 0 unspecified atom stereocenters. The Labute approximate surface area is 142 Å². The molecule has 116 valence electrons. The van der Waals surface area contributed by atoms with Gasteiger partial charge in [0.25, 0.3) is 0 Å². The number of aromatic carboxylic acids is 2. The summed E-state index contributed by atoms with van der Waals surface area (Å²) in [4.78, 5) is 47.2. The molecule has 0 radical (unpaired) electrons. The van der Waals surface area contributed by atoms with E-state index in [1.54, 1.807) is 0 Å². The van der Waals surface area contributed by atoms with E-state index in [0.717, 1.165) is 6.07 Å². The van der Waals surface area contributed by atoms with Gasteiger partial charge < -0.3 is 14.6 Å². The molecule has 2 heterocycles. The van der Waals surface area contributed by atoms with Gasteiger partial charge in [-0.3, -0.25) is 0 Å². The molecule has 0 aliphatic carbocycles. The lowest BCUT2D eigenvalue weighted by Gasteiger charge is -2.10. The Kier molecular flexibility index (Phi) is 3.49. The predicted molar refractivity (Wildman–Crippen MR) is 86.8 cm³/mol. The van der Waals surface area contributed by atoms with E-state index < -0.39 is 23.2 Å². The van der Waals surface area contributed by atoms with Crippen molar-refractivity contribution in [3.63, 3.8) is 0 Å². The maximum absolute atomic E-state index is 12.1. The molecule has 0 atom stereocenters. The van der Waals surface area contributed by atoms with Gasteiger partial charge in [0.2, 0.25) is 0 Å². The van der Waals surface area contributed by atoms with Crippen LogP contribution in [0, 0.1) is 0 Å². The number of benzene rings is 2. The molecule has 0 saturated heterocycles. The first kappa shape index (κ1) is 15.6. The summed E-state index contributed by atoms with van der Waals surface area (Å²) in [6, 6.07) is 2.33. The Morgan fingerprint density at radius 1 is 0.870 bits per heavy atom. The van der Waals surface area contributed by atoms with Gasteiger partial charge in [-0.25, -0.2) is 19.2 Å². The lowest BCUT2D eigenvalue weighted by Crippen LogP contribution is -2.07. The minimum Gasteiger partial charge on any atom is -0.478 e. The fraction of sp³-hybridized carbons (Fsp3) is 0. The van der Waals surface area contributed by atoms with Crippen molar-refractivity contribution in [2.75, 3.05) is 0 Å². The third kappa shape index (κ3) is 2.15. The molecular formula is C14H4Br2O7. The van der Waals surface area contributed by atoms with Crippen LogP contribution in [0.25, 0.3) is 21.5 Å². The average molecular weight is 444 g/mol. The van der Waals surface area contributed by atoms with Crippen LogP contribution >= 0.6 is 31.9 Å². The van der Waals surface area contributed by atoms with Crippen LogP contribution in [0.15, 0.2) is 35.1 Å². The smallest absolute Gasteiger partial charge is 0.347 e. The van der Waals surface area contributed by atoms with Crippen molar-refractivity contribution >= 4 is 65.3 Å². The van der Waals surface area contributed by atoms with E-state index in [4.69, 9.17) is 0 Å². The zero-order valence-electron chi connectivity index (χ0n) is 10.8. The van der Waals surface area contributed by atoms with Gasteiger partial charge in [0.05, 0.1) is 21.9 Å². The highest BCUT2D eigenvalue weighted by Gasteiger charge is 2.26. The molecule has 7 nitrogen and oxygen atoms in total. The summed E-state index contributed by atoms with van der Waals surface area (Å²) in [5.74, 6) is -2.75. The lowest BCUT2D eigenvalue weighted by molar-refractivity contribution is 0.0683. The van der Waals surface area contributed by atoms with E-state index in [9.17, 15) is 29.4 Å². The largest absolute Gasteiger partial charge is 0.478 e. The highest BCUT2D eigenvalue weighted by Crippen LogP contribution is 2.37. The molecule has 2 aromatic carbocycles. The zero-order valence-corrected chi connectivity index (χ0v) is 14.0. The summed E-state index contributed by atoms with van der Waals surface area (Å²) in [6.45, 7) is 0. The monoisotopic (exact) mass is 442 g/mol. The number of carbonyl (C=O) groups is 2. The second-order valence-electron chi connectivity index (χ2n) is 4.60. The van der Waals surface area contributed by atoms with Gasteiger partial charge in [-0.2, -0.15) is 0 Å². The SMILES string of the molecule is O=C(O)c1c(Br)cc(C(=O)O)c2c3c(Br)cc(c(=O)oc3=O)c12. The molecule has 0 amide bonds. The molecule has 9 heteroatoms. The quantitative estimate of drug-likeness (QED) is 0.624. The topological polar surface area (TPSA) is 122 Å². The van der Waals surface area contributed by atoms with Gasteiger partial charge >= 0.3 is 23.2 Å². The molecule has 0 aliphatic heterocycles. The van der Waals surface area contributed by atoms with E-state index in [2.05, 4.69) is 36.3 Å². The zero-order chi connectivity index (χ0) is 17.0.